The molecule has 0 unspecified atom stereocenters. The number of anilines is 1. The second kappa shape index (κ2) is 11.9. The zero-order chi connectivity index (χ0) is 22.3. The van der Waals surface area contributed by atoms with E-state index < -0.39 is 5.88 Å². The SMILES string of the molecule is CC.CC#CN=c1ccc(-c2ccn3nc(N)nc([O-])c23)cn1C.CC1(C)CCC1.[Na+]. The molecule has 3 aromatic heterocycles. The van der Waals surface area contributed by atoms with Gasteiger partial charge in [0.1, 0.15) is 5.49 Å². The summed E-state index contributed by atoms with van der Waals surface area (Å²) in [5.41, 5.74) is 8.94. The summed E-state index contributed by atoms with van der Waals surface area (Å²) in [7, 11) is 1.87. The van der Waals surface area contributed by atoms with Crippen molar-refractivity contribution in [2.45, 2.75) is 53.9 Å². The number of hydrogen-bond acceptors (Lipinski definition) is 5. The maximum Gasteiger partial charge on any atom is 1.00 e. The van der Waals surface area contributed by atoms with Crippen LogP contribution >= 0.6 is 0 Å². The zero-order valence-electron chi connectivity index (χ0n) is 19.7. The summed E-state index contributed by atoms with van der Waals surface area (Å²) in [4.78, 5) is 7.82. The first-order valence-electron chi connectivity index (χ1n) is 10.3. The number of nitrogens with two attached hydrogens (primary N) is 1. The molecule has 1 fully saturated rings. The molecule has 31 heavy (non-hydrogen) atoms. The van der Waals surface area contributed by atoms with Crippen LogP contribution in [0.3, 0.4) is 0 Å². The number of aromatic nitrogens is 4. The van der Waals surface area contributed by atoms with Crippen molar-refractivity contribution in [3.05, 3.63) is 36.1 Å². The average Bonchev–Trinajstić information content (AvgIpc) is 3.12. The number of fused-ring (bicyclic) bond motifs is 1. The number of hydrogen-bond donors (Lipinski definition) is 1. The van der Waals surface area contributed by atoms with Crippen LogP contribution in [0.25, 0.3) is 16.6 Å². The fraction of sp³-hybridized carbons (Fsp3) is 0.435. The monoisotopic (exact) mass is 430 g/mol. The van der Waals surface area contributed by atoms with E-state index in [0.717, 1.165) is 22.0 Å². The minimum absolute atomic E-state index is 0. The van der Waals surface area contributed by atoms with E-state index in [4.69, 9.17) is 5.73 Å². The maximum absolute atomic E-state index is 12.1. The third-order valence-corrected chi connectivity index (χ3v) is 4.90. The van der Waals surface area contributed by atoms with Crippen LogP contribution in [0.2, 0.25) is 0 Å². The van der Waals surface area contributed by atoms with Crippen molar-refractivity contribution in [3.8, 4) is 29.0 Å². The summed E-state index contributed by atoms with van der Waals surface area (Å²) in [5.74, 6) is 2.27. The molecule has 0 saturated heterocycles. The molecule has 7 nitrogen and oxygen atoms in total. The minimum atomic E-state index is -0.402. The quantitative estimate of drug-likeness (QED) is 0.449. The van der Waals surface area contributed by atoms with Crippen molar-refractivity contribution in [2.24, 2.45) is 17.5 Å². The van der Waals surface area contributed by atoms with Crippen molar-refractivity contribution in [2.75, 3.05) is 5.73 Å². The van der Waals surface area contributed by atoms with Crippen molar-refractivity contribution in [1.29, 1.82) is 0 Å². The van der Waals surface area contributed by atoms with Crippen LogP contribution in [0, 0.1) is 17.4 Å². The van der Waals surface area contributed by atoms with Crippen LogP contribution in [0.15, 0.2) is 35.6 Å². The van der Waals surface area contributed by atoms with Gasteiger partial charge in [0, 0.05) is 42.5 Å². The van der Waals surface area contributed by atoms with Gasteiger partial charge in [0.25, 0.3) is 0 Å². The molecule has 1 saturated carbocycles. The van der Waals surface area contributed by atoms with Crippen molar-refractivity contribution >= 4 is 11.5 Å². The largest absolute Gasteiger partial charge is 1.00 e. The molecular weight excluding hydrogens is 399 g/mol. The molecule has 0 amide bonds. The van der Waals surface area contributed by atoms with Gasteiger partial charge in [0.2, 0.25) is 5.95 Å². The Bertz CT molecular complexity index is 1130. The molecule has 1 aliphatic carbocycles. The summed E-state index contributed by atoms with van der Waals surface area (Å²) in [6, 6.07) is 8.19. The molecule has 0 atom stereocenters. The molecule has 3 heterocycles. The third-order valence-electron chi connectivity index (χ3n) is 4.90. The molecule has 160 valence electrons. The van der Waals surface area contributed by atoms with Gasteiger partial charge < -0.3 is 15.4 Å². The Morgan fingerprint density at radius 3 is 2.35 bits per heavy atom. The Labute approximate surface area is 206 Å². The summed E-state index contributed by atoms with van der Waals surface area (Å²) >= 11 is 0. The first-order valence-corrected chi connectivity index (χ1v) is 10.3. The third kappa shape index (κ3) is 6.86. The van der Waals surface area contributed by atoms with E-state index in [2.05, 4.69) is 40.9 Å². The van der Waals surface area contributed by atoms with Gasteiger partial charge in [0.05, 0.1) is 5.52 Å². The molecule has 8 heteroatoms. The Balaban J connectivity index is 0.000000456. The average molecular weight is 431 g/mol. The van der Waals surface area contributed by atoms with Crippen LogP contribution in [-0.4, -0.2) is 19.2 Å². The Hall–Kier alpha value is -2.27. The van der Waals surface area contributed by atoms with Gasteiger partial charge in [-0.25, -0.2) is 9.50 Å². The molecule has 0 aromatic carbocycles. The second-order valence-corrected chi connectivity index (χ2v) is 7.68. The van der Waals surface area contributed by atoms with Crippen molar-refractivity contribution in [1.82, 2.24) is 19.2 Å². The van der Waals surface area contributed by atoms with Gasteiger partial charge in [-0.1, -0.05) is 40.0 Å². The Kier molecular flexibility index (Phi) is 10.3. The molecule has 2 N–H and O–H groups in total. The van der Waals surface area contributed by atoms with Gasteiger partial charge >= 0.3 is 29.6 Å². The normalized spacial score (nSPS) is 13.9. The molecule has 3 aromatic rings. The van der Waals surface area contributed by atoms with E-state index >= 15 is 0 Å². The summed E-state index contributed by atoms with van der Waals surface area (Å²) in [6.07, 6.45) is 7.93. The van der Waals surface area contributed by atoms with Gasteiger partial charge in [0.15, 0.2) is 0 Å². The van der Waals surface area contributed by atoms with E-state index in [0.29, 0.717) is 5.52 Å². The predicted octanol–water partition coefficient (Wildman–Crippen LogP) is 0.499. The molecule has 4 rings (SSSR count). The van der Waals surface area contributed by atoms with E-state index in [9.17, 15) is 5.11 Å². The Morgan fingerprint density at radius 1 is 1.19 bits per heavy atom. The minimum Gasteiger partial charge on any atom is -0.857 e. The Morgan fingerprint density at radius 2 is 1.84 bits per heavy atom. The first kappa shape index (κ1) is 26.8. The number of rotatable bonds is 1. The van der Waals surface area contributed by atoms with E-state index in [1.165, 1.54) is 23.8 Å². The number of pyridine rings is 1. The van der Waals surface area contributed by atoms with E-state index in [1.807, 2.05) is 49.9 Å². The van der Waals surface area contributed by atoms with Gasteiger partial charge in [-0.05, 0) is 43.4 Å². The van der Waals surface area contributed by atoms with Crippen molar-refractivity contribution < 1.29 is 34.7 Å². The fourth-order valence-corrected chi connectivity index (χ4v) is 3.11. The van der Waals surface area contributed by atoms with Crippen LogP contribution < -0.4 is 45.9 Å². The predicted molar refractivity (Wildman–Crippen MR) is 119 cm³/mol. The zero-order valence-corrected chi connectivity index (χ0v) is 21.7. The topological polar surface area (TPSA) is 96.6 Å². The maximum atomic E-state index is 12.1. The smallest absolute Gasteiger partial charge is 0.857 e. The summed E-state index contributed by atoms with van der Waals surface area (Å²) in [6.45, 7) is 10.4. The fourth-order valence-electron chi connectivity index (χ4n) is 3.11. The van der Waals surface area contributed by atoms with Crippen LogP contribution in [0.1, 0.15) is 53.9 Å². The van der Waals surface area contributed by atoms with Gasteiger partial charge in [-0.3, -0.25) is 0 Å². The molecular formula is C23H31N6NaO. The number of nitrogen functional groups attached to an aromatic ring is 1. The number of nitrogens with zero attached hydrogens (tertiary/aromatic N) is 5. The van der Waals surface area contributed by atoms with Crippen LogP contribution in [0.4, 0.5) is 5.95 Å². The number of aryl methyl sites for hydroxylation is 1. The molecule has 1 aliphatic rings. The van der Waals surface area contributed by atoms with E-state index in [1.54, 1.807) is 13.1 Å². The van der Waals surface area contributed by atoms with Crippen LogP contribution in [0.5, 0.6) is 5.88 Å². The second-order valence-electron chi connectivity index (χ2n) is 7.68. The van der Waals surface area contributed by atoms with E-state index in [-0.39, 0.29) is 35.5 Å². The summed E-state index contributed by atoms with van der Waals surface area (Å²) < 4.78 is 3.28. The van der Waals surface area contributed by atoms with Crippen LogP contribution in [-0.2, 0) is 7.05 Å². The summed E-state index contributed by atoms with van der Waals surface area (Å²) in [5, 5.41) is 16.1. The first-order chi connectivity index (χ1) is 14.3. The van der Waals surface area contributed by atoms with Gasteiger partial charge in [-0.15, -0.1) is 5.10 Å². The van der Waals surface area contributed by atoms with Crippen molar-refractivity contribution in [3.63, 3.8) is 0 Å². The standard InChI is InChI=1S/C15H14N6O.C6H12.C2H6.Na/c1-3-7-17-12-5-4-10(9-20(12)2)11-6-8-21-13(11)14(22)18-15(16)19-21;1-6(2)4-3-5-6;1-2;/h4-6,8-9H,1-2H3,(H3,16,18,19,22);3-5H2,1-2H3;1-2H3;/q;;;+1/p-1. The molecule has 0 radical (unpaired) electrons. The molecule has 0 bridgehead atoms. The molecule has 0 aliphatic heterocycles. The van der Waals surface area contributed by atoms with Gasteiger partial charge in [-0.2, -0.15) is 4.99 Å². The molecule has 0 spiro atoms.